The minimum Gasteiger partial charge on any atom is -0.343 e. The second-order valence-electron chi connectivity index (χ2n) is 3.39. The fourth-order valence-electron chi connectivity index (χ4n) is 1.39. The molecule has 0 radical (unpaired) electrons. The molecule has 0 aliphatic carbocycles. The van der Waals surface area contributed by atoms with Crippen LogP contribution in [0.1, 0.15) is 16.0 Å². The highest BCUT2D eigenvalue weighted by molar-refractivity contribution is 6.45. The quantitative estimate of drug-likeness (QED) is 0.738. The standard InChI is InChI=1S/C11H8Cl3NO/c1-6-2-4-7(5-3-6)9-8(10(12)13)11(14)16-15-9/h2-5,10H,1H3. The first-order valence-corrected chi connectivity index (χ1v) is 5.85. The Hall–Kier alpha value is -0.700. The van der Waals surface area contributed by atoms with Crippen LogP contribution in [-0.4, -0.2) is 5.16 Å². The highest BCUT2D eigenvalue weighted by Crippen LogP contribution is 2.38. The normalized spacial score (nSPS) is 11.1. The van der Waals surface area contributed by atoms with E-state index in [9.17, 15) is 0 Å². The van der Waals surface area contributed by atoms with Crippen molar-refractivity contribution in [2.75, 3.05) is 0 Å². The first kappa shape index (κ1) is 11.8. The highest BCUT2D eigenvalue weighted by Gasteiger charge is 2.21. The summed E-state index contributed by atoms with van der Waals surface area (Å²) in [6.45, 7) is 2.01. The number of aryl methyl sites for hydroxylation is 1. The van der Waals surface area contributed by atoms with Gasteiger partial charge in [-0.15, -0.1) is 0 Å². The van der Waals surface area contributed by atoms with Crippen molar-refractivity contribution in [2.24, 2.45) is 0 Å². The summed E-state index contributed by atoms with van der Waals surface area (Å²) in [7, 11) is 0. The molecule has 1 aromatic carbocycles. The summed E-state index contributed by atoms with van der Waals surface area (Å²) in [5, 5.41) is 3.99. The molecule has 0 bridgehead atoms. The lowest BCUT2D eigenvalue weighted by Crippen LogP contribution is -1.86. The Morgan fingerprint density at radius 2 is 1.81 bits per heavy atom. The molecule has 16 heavy (non-hydrogen) atoms. The van der Waals surface area contributed by atoms with Crippen LogP contribution in [0.2, 0.25) is 5.22 Å². The summed E-state index contributed by atoms with van der Waals surface area (Å²) in [5.74, 6) is 0. The summed E-state index contributed by atoms with van der Waals surface area (Å²) in [6.07, 6.45) is 0. The van der Waals surface area contributed by atoms with Crippen LogP contribution in [0.4, 0.5) is 0 Å². The van der Waals surface area contributed by atoms with Crippen LogP contribution in [0.25, 0.3) is 11.3 Å². The number of aromatic nitrogens is 1. The largest absolute Gasteiger partial charge is 0.343 e. The first-order chi connectivity index (χ1) is 7.59. The molecule has 1 heterocycles. The van der Waals surface area contributed by atoms with Gasteiger partial charge < -0.3 is 4.52 Å². The maximum absolute atomic E-state index is 5.82. The fraction of sp³-hybridized carbons (Fsp3) is 0.182. The van der Waals surface area contributed by atoms with Crippen molar-refractivity contribution < 1.29 is 4.52 Å². The fourth-order valence-corrected chi connectivity index (χ4v) is 2.14. The van der Waals surface area contributed by atoms with Crippen molar-refractivity contribution in [3.05, 3.63) is 40.6 Å². The molecule has 0 aliphatic heterocycles. The Labute approximate surface area is 108 Å². The maximum atomic E-state index is 5.82. The SMILES string of the molecule is Cc1ccc(-c2noc(Cl)c2C(Cl)Cl)cc1. The predicted molar refractivity (Wildman–Crippen MR) is 66.1 cm³/mol. The number of halogens is 3. The van der Waals surface area contributed by atoms with Gasteiger partial charge in [-0.3, -0.25) is 0 Å². The molecule has 2 nitrogen and oxygen atoms in total. The molecule has 84 valence electrons. The van der Waals surface area contributed by atoms with Gasteiger partial charge in [-0.05, 0) is 18.5 Å². The summed E-state index contributed by atoms with van der Waals surface area (Å²) in [5.41, 5.74) is 3.13. The summed E-state index contributed by atoms with van der Waals surface area (Å²) in [4.78, 5) is -0.755. The lowest BCUT2D eigenvalue weighted by Gasteiger charge is -2.02. The van der Waals surface area contributed by atoms with E-state index in [1.54, 1.807) is 0 Å². The van der Waals surface area contributed by atoms with Crippen LogP contribution in [0.5, 0.6) is 0 Å². The molecule has 2 aromatic rings. The number of alkyl halides is 2. The van der Waals surface area contributed by atoms with Gasteiger partial charge in [0.15, 0.2) is 0 Å². The van der Waals surface area contributed by atoms with Gasteiger partial charge in [0.25, 0.3) is 0 Å². The van der Waals surface area contributed by atoms with Crippen molar-refractivity contribution in [3.8, 4) is 11.3 Å². The molecule has 0 saturated carbocycles. The lowest BCUT2D eigenvalue weighted by atomic mass is 10.1. The maximum Gasteiger partial charge on any atom is 0.232 e. The van der Waals surface area contributed by atoms with E-state index in [4.69, 9.17) is 39.3 Å². The van der Waals surface area contributed by atoms with E-state index in [1.165, 1.54) is 0 Å². The van der Waals surface area contributed by atoms with Crippen molar-refractivity contribution in [1.29, 1.82) is 0 Å². The first-order valence-electron chi connectivity index (χ1n) is 4.60. The Kier molecular flexibility index (Phi) is 3.43. The average molecular weight is 277 g/mol. The zero-order valence-electron chi connectivity index (χ0n) is 8.38. The average Bonchev–Trinajstić information content (AvgIpc) is 2.61. The second kappa shape index (κ2) is 4.66. The van der Waals surface area contributed by atoms with Crippen LogP contribution in [0, 0.1) is 6.92 Å². The zero-order valence-corrected chi connectivity index (χ0v) is 10.6. The molecule has 0 fully saturated rings. The van der Waals surface area contributed by atoms with Crippen molar-refractivity contribution in [3.63, 3.8) is 0 Å². The third kappa shape index (κ3) is 2.19. The third-order valence-corrected chi connectivity index (χ3v) is 2.94. The van der Waals surface area contributed by atoms with E-state index >= 15 is 0 Å². The third-order valence-electron chi connectivity index (χ3n) is 2.23. The molecule has 0 saturated heterocycles. The molecule has 2 rings (SSSR count). The van der Waals surface area contributed by atoms with Gasteiger partial charge in [0, 0.05) is 5.56 Å². The molecule has 0 unspecified atom stereocenters. The topological polar surface area (TPSA) is 26.0 Å². The van der Waals surface area contributed by atoms with E-state index in [0.717, 1.165) is 11.1 Å². The molecule has 5 heteroatoms. The lowest BCUT2D eigenvalue weighted by molar-refractivity contribution is 0.423. The van der Waals surface area contributed by atoms with E-state index in [-0.39, 0.29) is 5.22 Å². The van der Waals surface area contributed by atoms with Crippen LogP contribution in [0.15, 0.2) is 28.8 Å². The van der Waals surface area contributed by atoms with Gasteiger partial charge in [0.1, 0.15) is 10.5 Å². The minimum absolute atomic E-state index is 0.130. The van der Waals surface area contributed by atoms with E-state index in [1.807, 2.05) is 31.2 Å². The van der Waals surface area contributed by atoms with Crippen LogP contribution in [-0.2, 0) is 0 Å². The summed E-state index contributed by atoms with van der Waals surface area (Å²) < 4.78 is 4.89. The predicted octanol–water partition coefficient (Wildman–Crippen LogP) is 4.78. The van der Waals surface area contributed by atoms with Gasteiger partial charge in [0.05, 0.1) is 5.56 Å². The number of hydrogen-bond acceptors (Lipinski definition) is 2. The molecule has 0 spiro atoms. The second-order valence-corrected chi connectivity index (χ2v) is 4.82. The highest BCUT2D eigenvalue weighted by atomic mass is 35.5. The van der Waals surface area contributed by atoms with Gasteiger partial charge in [-0.25, -0.2) is 0 Å². The van der Waals surface area contributed by atoms with E-state index in [0.29, 0.717) is 11.3 Å². The Bertz CT molecular complexity index is 490. The van der Waals surface area contributed by atoms with Crippen molar-refractivity contribution in [1.82, 2.24) is 5.16 Å². The molecular weight excluding hydrogens is 268 g/mol. The van der Waals surface area contributed by atoms with Crippen molar-refractivity contribution >= 4 is 34.8 Å². The van der Waals surface area contributed by atoms with Gasteiger partial charge in [-0.2, -0.15) is 0 Å². The number of rotatable bonds is 2. The Morgan fingerprint density at radius 3 is 2.38 bits per heavy atom. The molecule has 0 N–H and O–H groups in total. The molecule has 0 amide bonds. The minimum atomic E-state index is -0.755. The molecule has 0 aliphatic rings. The zero-order chi connectivity index (χ0) is 11.7. The van der Waals surface area contributed by atoms with Gasteiger partial charge in [-0.1, -0.05) is 58.2 Å². The van der Waals surface area contributed by atoms with E-state index < -0.39 is 4.84 Å². The number of benzene rings is 1. The summed E-state index contributed by atoms with van der Waals surface area (Å²) >= 11 is 17.5. The monoisotopic (exact) mass is 275 g/mol. The van der Waals surface area contributed by atoms with Gasteiger partial charge >= 0.3 is 0 Å². The van der Waals surface area contributed by atoms with Crippen LogP contribution >= 0.6 is 34.8 Å². The van der Waals surface area contributed by atoms with Crippen LogP contribution < -0.4 is 0 Å². The Morgan fingerprint density at radius 1 is 1.19 bits per heavy atom. The Balaban J connectivity index is 2.52. The van der Waals surface area contributed by atoms with Crippen molar-refractivity contribution in [2.45, 2.75) is 11.8 Å². The summed E-state index contributed by atoms with van der Waals surface area (Å²) in [6, 6.07) is 7.78. The molecule has 0 atom stereocenters. The molecular formula is C11H8Cl3NO. The van der Waals surface area contributed by atoms with E-state index in [2.05, 4.69) is 5.16 Å². The molecule has 1 aromatic heterocycles. The van der Waals surface area contributed by atoms with Crippen LogP contribution in [0.3, 0.4) is 0 Å². The smallest absolute Gasteiger partial charge is 0.232 e. The number of hydrogen-bond donors (Lipinski definition) is 0. The number of nitrogens with zero attached hydrogens (tertiary/aromatic N) is 1. The van der Waals surface area contributed by atoms with Gasteiger partial charge in [0.2, 0.25) is 5.22 Å².